The van der Waals surface area contributed by atoms with Crippen LogP contribution < -0.4 is 19.7 Å². The molecule has 1 aliphatic carbocycles. The highest BCUT2D eigenvalue weighted by atomic mass is 32.2. The van der Waals surface area contributed by atoms with Crippen LogP contribution in [0.3, 0.4) is 0 Å². The van der Waals surface area contributed by atoms with Crippen molar-refractivity contribution in [2.45, 2.75) is 49.8 Å². The molecule has 0 radical (unpaired) electrons. The molecule has 4 rings (SSSR count). The average Bonchev–Trinajstić information content (AvgIpc) is 3.55. The molecular formula is C21H29N5O3S. The summed E-state index contributed by atoms with van der Waals surface area (Å²) in [6.45, 7) is 2.52. The van der Waals surface area contributed by atoms with Crippen LogP contribution in [0, 0.1) is 0 Å². The number of carbonyl (C=O) groups excluding carboxylic acids is 1. The molecule has 1 saturated heterocycles. The van der Waals surface area contributed by atoms with Crippen molar-refractivity contribution in [1.29, 1.82) is 0 Å². The van der Waals surface area contributed by atoms with Crippen LogP contribution in [0.25, 0.3) is 0 Å². The van der Waals surface area contributed by atoms with Crippen molar-refractivity contribution in [3.8, 4) is 11.5 Å². The minimum absolute atomic E-state index is 0.0281. The zero-order chi connectivity index (χ0) is 20.9. The first-order chi connectivity index (χ1) is 14.7. The third kappa shape index (κ3) is 4.83. The summed E-state index contributed by atoms with van der Waals surface area (Å²) in [5.74, 6) is 2.59. The Hall–Kier alpha value is -2.42. The third-order valence-electron chi connectivity index (χ3n) is 5.47. The lowest BCUT2D eigenvalue weighted by atomic mass is 10.1. The van der Waals surface area contributed by atoms with Gasteiger partial charge in [-0.3, -0.25) is 9.36 Å². The number of benzene rings is 1. The fourth-order valence-electron chi connectivity index (χ4n) is 3.70. The standard InChI is InChI=1S/C21H29N5O3S/c1-28-17-9-6-15(12-18(17)29-2)13-22-19(27)14-30-21-24-23-20(26(21)16-7-8-16)25-10-4-3-5-11-25/h6,9,12,16H,3-5,7-8,10-11,13-14H2,1-2H3,(H,22,27). The number of nitrogens with one attached hydrogen (secondary N) is 1. The number of thioether (sulfide) groups is 1. The molecule has 1 N–H and O–H groups in total. The molecule has 1 amide bonds. The summed E-state index contributed by atoms with van der Waals surface area (Å²) < 4.78 is 12.8. The van der Waals surface area contributed by atoms with E-state index in [1.807, 2.05) is 18.2 Å². The Bertz CT molecular complexity index is 878. The van der Waals surface area contributed by atoms with E-state index >= 15 is 0 Å². The number of hydrogen-bond acceptors (Lipinski definition) is 7. The van der Waals surface area contributed by atoms with Crippen LogP contribution in [0.5, 0.6) is 11.5 Å². The van der Waals surface area contributed by atoms with Gasteiger partial charge in [-0.25, -0.2) is 0 Å². The van der Waals surface area contributed by atoms with Crippen LogP contribution in [0.1, 0.15) is 43.7 Å². The Kier molecular flexibility index (Phi) is 6.66. The highest BCUT2D eigenvalue weighted by Crippen LogP contribution is 2.41. The molecule has 0 atom stereocenters. The van der Waals surface area contributed by atoms with E-state index in [1.54, 1.807) is 14.2 Å². The van der Waals surface area contributed by atoms with Gasteiger partial charge in [0.05, 0.1) is 20.0 Å². The number of aromatic nitrogens is 3. The molecule has 30 heavy (non-hydrogen) atoms. The summed E-state index contributed by atoms with van der Waals surface area (Å²) in [6, 6.07) is 6.12. The van der Waals surface area contributed by atoms with Gasteiger partial charge in [-0.2, -0.15) is 0 Å². The van der Waals surface area contributed by atoms with Crippen LogP contribution in [-0.4, -0.2) is 53.7 Å². The molecule has 0 bridgehead atoms. The summed E-state index contributed by atoms with van der Waals surface area (Å²) in [4.78, 5) is 14.8. The SMILES string of the molecule is COc1ccc(CNC(=O)CSc2nnc(N3CCCCC3)n2C2CC2)cc1OC. The highest BCUT2D eigenvalue weighted by Gasteiger charge is 2.32. The topological polar surface area (TPSA) is 81.5 Å². The van der Waals surface area contributed by atoms with E-state index in [0.29, 0.717) is 29.8 Å². The van der Waals surface area contributed by atoms with Crippen LogP contribution >= 0.6 is 11.8 Å². The van der Waals surface area contributed by atoms with Gasteiger partial charge in [0, 0.05) is 25.7 Å². The van der Waals surface area contributed by atoms with Crippen LogP contribution in [-0.2, 0) is 11.3 Å². The first kappa shape index (κ1) is 20.8. The number of anilines is 1. The van der Waals surface area contributed by atoms with Crippen molar-refractivity contribution in [2.75, 3.05) is 38.0 Å². The Morgan fingerprint density at radius 2 is 1.90 bits per heavy atom. The summed E-state index contributed by atoms with van der Waals surface area (Å²) in [5.41, 5.74) is 0.958. The number of rotatable bonds is 9. The Morgan fingerprint density at radius 3 is 2.60 bits per heavy atom. The van der Waals surface area contributed by atoms with Gasteiger partial charge >= 0.3 is 0 Å². The first-order valence-electron chi connectivity index (χ1n) is 10.5. The van der Waals surface area contributed by atoms with E-state index in [0.717, 1.165) is 42.6 Å². The maximum absolute atomic E-state index is 12.4. The predicted molar refractivity (Wildman–Crippen MR) is 116 cm³/mol. The Balaban J connectivity index is 1.33. The Morgan fingerprint density at radius 1 is 1.13 bits per heavy atom. The van der Waals surface area contributed by atoms with Crippen molar-refractivity contribution in [3.05, 3.63) is 23.8 Å². The maximum atomic E-state index is 12.4. The quantitative estimate of drug-likeness (QED) is 0.611. The molecule has 0 spiro atoms. The monoisotopic (exact) mass is 431 g/mol. The predicted octanol–water partition coefficient (Wildman–Crippen LogP) is 3.03. The molecule has 2 aliphatic rings. The summed E-state index contributed by atoms with van der Waals surface area (Å²) >= 11 is 1.46. The van der Waals surface area contributed by atoms with Gasteiger partial charge in [-0.1, -0.05) is 17.8 Å². The second-order valence-electron chi connectivity index (χ2n) is 7.69. The van der Waals surface area contributed by atoms with E-state index < -0.39 is 0 Å². The minimum Gasteiger partial charge on any atom is -0.493 e. The van der Waals surface area contributed by atoms with E-state index in [2.05, 4.69) is 25.0 Å². The second-order valence-corrected chi connectivity index (χ2v) is 8.63. The highest BCUT2D eigenvalue weighted by molar-refractivity contribution is 7.99. The maximum Gasteiger partial charge on any atom is 0.230 e. The number of nitrogens with zero attached hydrogens (tertiary/aromatic N) is 4. The zero-order valence-electron chi connectivity index (χ0n) is 17.6. The number of piperidine rings is 1. The molecule has 2 aromatic rings. The van der Waals surface area contributed by atoms with Crippen LogP contribution in [0.4, 0.5) is 5.95 Å². The third-order valence-corrected chi connectivity index (χ3v) is 6.41. The van der Waals surface area contributed by atoms with Crippen LogP contribution in [0.2, 0.25) is 0 Å². The van der Waals surface area contributed by atoms with Gasteiger partial charge < -0.3 is 19.7 Å². The number of ether oxygens (including phenoxy) is 2. The number of carbonyl (C=O) groups is 1. The van der Waals surface area contributed by atoms with Crippen LogP contribution in [0.15, 0.2) is 23.4 Å². The van der Waals surface area contributed by atoms with E-state index in [9.17, 15) is 4.79 Å². The molecule has 1 saturated carbocycles. The van der Waals surface area contributed by atoms with E-state index in [-0.39, 0.29) is 5.91 Å². The lowest BCUT2D eigenvalue weighted by molar-refractivity contribution is -0.118. The summed E-state index contributed by atoms with van der Waals surface area (Å²) in [6.07, 6.45) is 6.03. The van der Waals surface area contributed by atoms with Gasteiger partial charge in [0.25, 0.3) is 0 Å². The average molecular weight is 432 g/mol. The molecule has 9 heteroatoms. The van der Waals surface area contributed by atoms with Crippen molar-refractivity contribution in [3.63, 3.8) is 0 Å². The minimum atomic E-state index is -0.0281. The fraction of sp³-hybridized carbons (Fsp3) is 0.571. The smallest absolute Gasteiger partial charge is 0.230 e. The summed E-state index contributed by atoms with van der Waals surface area (Å²) in [5, 5.41) is 12.7. The molecule has 8 nitrogen and oxygen atoms in total. The lowest BCUT2D eigenvalue weighted by Gasteiger charge is -2.27. The molecular weight excluding hydrogens is 402 g/mol. The van der Waals surface area contributed by atoms with E-state index in [4.69, 9.17) is 9.47 Å². The lowest BCUT2D eigenvalue weighted by Crippen LogP contribution is -2.32. The number of amides is 1. The molecule has 1 aromatic carbocycles. The first-order valence-corrected chi connectivity index (χ1v) is 11.5. The van der Waals surface area contributed by atoms with Gasteiger partial charge in [0.1, 0.15) is 0 Å². The van der Waals surface area contributed by atoms with Crippen molar-refractivity contribution in [1.82, 2.24) is 20.1 Å². The molecule has 162 valence electrons. The zero-order valence-corrected chi connectivity index (χ0v) is 18.4. The normalized spacial score (nSPS) is 16.4. The van der Waals surface area contributed by atoms with Crippen molar-refractivity contribution < 1.29 is 14.3 Å². The van der Waals surface area contributed by atoms with Gasteiger partial charge in [0.15, 0.2) is 16.7 Å². The molecule has 1 aliphatic heterocycles. The number of hydrogen-bond donors (Lipinski definition) is 1. The molecule has 2 fully saturated rings. The fourth-order valence-corrected chi connectivity index (χ4v) is 4.53. The molecule has 0 unspecified atom stereocenters. The van der Waals surface area contributed by atoms with E-state index in [1.165, 1.54) is 31.0 Å². The Labute approximate surface area is 181 Å². The largest absolute Gasteiger partial charge is 0.493 e. The van der Waals surface area contributed by atoms with Gasteiger partial charge in [0.2, 0.25) is 11.9 Å². The number of methoxy groups -OCH3 is 2. The van der Waals surface area contributed by atoms with Crippen molar-refractivity contribution >= 4 is 23.6 Å². The van der Waals surface area contributed by atoms with Crippen molar-refractivity contribution in [2.24, 2.45) is 0 Å². The summed E-state index contributed by atoms with van der Waals surface area (Å²) in [7, 11) is 3.21. The molecule has 2 heterocycles. The van der Waals surface area contributed by atoms with Gasteiger partial charge in [-0.15, -0.1) is 10.2 Å². The van der Waals surface area contributed by atoms with Gasteiger partial charge in [-0.05, 0) is 49.8 Å². The second kappa shape index (κ2) is 9.59. The molecule has 1 aromatic heterocycles.